The highest BCUT2D eigenvalue weighted by atomic mass is 35.5. The van der Waals surface area contributed by atoms with Gasteiger partial charge in [0.15, 0.2) is 0 Å². The third-order valence-corrected chi connectivity index (χ3v) is 3.60. The van der Waals surface area contributed by atoms with E-state index in [1.54, 1.807) is 0 Å². The molecular weight excluding hydrogens is 282 g/mol. The highest BCUT2D eigenvalue weighted by molar-refractivity contribution is 6.31. The zero-order valence-corrected chi connectivity index (χ0v) is 13.4. The number of nitrogens with zero attached hydrogens (tertiary/aromatic N) is 2. The first-order valence-corrected chi connectivity index (χ1v) is 7.67. The molecule has 3 nitrogen and oxygen atoms in total. The molecule has 21 heavy (non-hydrogen) atoms. The van der Waals surface area contributed by atoms with E-state index in [9.17, 15) is 0 Å². The molecule has 0 unspecified atom stereocenters. The lowest BCUT2D eigenvalue weighted by Crippen LogP contribution is -2.17. The van der Waals surface area contributed by atoms with Crippen LogP contribution in [0.2, 0.25) is 5.02 Å². The Morgan fingerprint density at radius 2 is 1.95 bits per heavy atom. The Labute approximate surface area is 132 Å². The van der Waals surface area contributed by atoms with Crippen LogP contribution in [0, 0.1) is 0 Å². The van der Waals surface area contributed by atoms with Gasteiger partial charge in [0.1, 0.15) is 5.82 Å². The van der Waals surface area contributed by atoms with Crippen molar-refractivity contribution in [2.75, 3.05) is 18.9 Å². The van der Waals surface area contributed by atoms with Gasteiger partial charge in [-0.2, -0.15) is 0 Å². The first-order valence-electron chi connectivity index (χ1n) is 7.29. The SMILES string of the molecule is CCCNc1ccc(CN(C)Cc2ccccc2Cl)cn1. The van der Waals surface area contributed by atoms with Gasteiger partial charge in [-0.3, -0.25) is 4.90 Å². The molecule has 1 N–H and O–H groups in total. The van der Waals surface area contributed by atoms with Crippen LogP contribution >= 0.6 is 11.6 Å². The minimum atomic E-state index is 0.821. The Hall–Kier alpha value is -1.58. The number of rotatable bonds is 7. The lowest BCUT2D eigenvalue weighted by molar-refractivity contribution is 0.319. The van der Waals surface area contributed by atoms with Gasteiger partial charge in [-0.25, -0.2) is 4.98 Å². The van der Waals surface area contributed by atoms with Crippen LogP contribution in [-0.2, 0) is 13.1 Å². The monoisotopic (exact) mass is 303 g/mol. The number of benzene rings is 1. The maximum atomic E-state index is 6.19. The normalized spacial score (nSPS) is 10.9. The first kappa shape index (κ1) is 15.8. The molecule has 1 aromatic carbocycles. The fraction of sp³-hybridized carbons (Fsp3) is 0.353. The van der Waals surface area contributed by atoms with Crippen LogP contribution in [0.15, 0.2) is 42.6 Å². The number of anilines is 1. The Morgan fingerprint density at radius 3 is 2.62 bits per heavy atom. The third kappa shape index (κ3) is 5.03. The van der Waals surface area contributed by atoms with Crippen molar-refractivity contribution in [3.05, 3.63) is 58.7 Å². The molecule has 0 atom stereocenters. The Bertz CT molecular complexity index is 554. The number of halogens is 1. The molecular formula is C17H22ClN3. The topological polar surface area (TPSA) is 28.2 Å². The van der Waals surface area contributed by atoms with Crippen molar-refractivity contribution in [2.45, 2.75) is 26.4 Å². The molecule has 2 aromatic rings. The fourth-order valence-electron chi connectivity index (χ4n) is 2.16. The average molecular weight is 304 g/mol. The summed E-state index contributed by atoms with van der Waals surface area (Å²) >= 11 is 6.19. The molecule has 4 heteroatoms. The molecule has 0 aliphatic rings. The molecule has 0 spiro atoms. The highest BCUT2D eigenvalue weighted by Crippen LogP contribution is 2.17. The van der Waals surface area contributed by atoms with E-state index in [2.05, 4.69) is 41.3 Å². The van der Waals surface area contributed by atoms with Crippen molar-refractivity contribution in [3.8, 4) is 0 Å². The van der Waals surface area contributed by atoms with Gasteiger partial charge in [0, 0.05) is 30.9 Å². The Morgan fingerprint density at radius 1 is 1.14 bits per heavy atom. The lowest BCUT2D eigenvalue weighted by atomic mass is 10.2. The van der Waals surface area contributed by atoms with E-state index < -0.39 is 0 Å². The third-order valence-electron chi connectivity index (χ3n) is 3.23. The summed E-state index contributed by atoms with van der Waals surface area (Å²) in [7, 11) is 2.09. The number of hydrogen-bond acceptors (Lipinski definition) is 3. The van der Waals surface area contributed by atoms with Crippen LogP contribution in [0.25, 0.3) is 0 Å². The van der Waals surface area contributed by atoms with E-state index in [-0.39, 0.29) is 0 Å². The van der Waals surface area contributed by atoms with Crippen molar-refractivity contribution in [2.24, 2.45) is 0 Å². The summed E-state index contributed by atoms with van der Waals surface area (Å²) in [5.41, 5.74) is 2.35. The van der Waals surface area contributed by atoms with Crippen LogP contribution in [0.4, 0.5) is 5.82 Å². The van der Waals surface area contributed by atoms with E-state index in [1.807, 2.05) is 30.5 Å². The molecule has 0 saturated carbocycles. The van der Waals surface area contributed by atoms with Crippen molar-refractivity contribution in [1.29, 1.82) is 0 Å². The number of aromatic nitrogens is 1. The van der Waals surface area contributed by atoms with Crippen LogP contribution in [0.1, 0.15) is 24.5 Å². The quantitative estimate of drug-likeness (QED) is 0.831. The van der Waals surface area contributed by atoms with Crippen molar-refractivity contribution in [3.63, 3.8) is 0 Å². The molecule has 0 aliphatic carbocycles. The zero-order chi connectivity index (χ0) is 15.1. The summed E-state index contributed by atoms with van der Waals surface area (Å²) < 4.78 is 0. The standard InChI is InChI=1S/C17H22ClN3/c1-3-10-19-17-9-8-14(11-20-17)12-21(2)13-15-6-4-5-7-16(15)18/h4-9,11H,3,10,12-13H2,1-2H3,(H,19,20). The van der Waals surface area contributed by atoms with Crippen LogP contribution in [0.3, 0.4) is 0 Å². The van der Waals surface area contributed by atoms with E-state index >= 15 is 0 Å². The summed E-state index contributed by atoms with van der Waals surface area (Å²) in [6.07, 6.45) is 3.03. The predicted molar refractivity (Wildman–Crippen MR) is 89.6 cm³/mol. The second-order valence-corrected chi connectivity index (χ2v) is 5.65. The van der Waals surface area contributed by atoms with E-state index in [4.69, 9.17) is 11.6 Å². The Balaban J connectivity index is 1.90. The van der Waals surface area contributed by atoms with Gasteiger partial charge in [-0.1, -0.05) is 42.8 Å². The van der Waals surface area contributed by atoms with Gasteiger partial charge < -0.3 is 5.32 Å². The molecule has 0 aliphatic heterocycles. The van der Waals surface area contributed by atoms with Gasteiger partial charge in [-0.05, 0) is 36.7 Å². The van der Waals surface area contributed by atoms with Gasteiger partial charge in [0.05, 0.1) is 0 Å². The Kier molecular flexibility index (Phi) is 6.03. The summed E-state index contributed by atoms with van der Waals surface area (Å²) in [6.45, 7) is 4.78. The number of nitrogens with one attached hydrogen (secondary N) is 1. The van der Waals surface area contributed by atoms with Gasteiger partial charge in [0.2, 0.25) is 0 Å². The highest BCUT2D eigenvalue weighted by Gasteiger charge is 2.05. The van der Waals surface area contributed by atoms with Crippen molar-refractivity contribution in [1.82, 2.24) is 9.88 Å². The lowest BCUT2D eigenvalue weighted by Gasteiger charge is -2.17. The van der Waals surface area contributed by atoms with Crippen molar-refractivity contribution < 1.29 is 0 Å². The molecule has 0 saturated heterocycles. The first-order chi connectivity index (χ1) is 10.2. The predicted octanol–water partition coefficient (Wildman–Crippen LogP) is 4.19. The summed E-state index contributed by atoms with van der Waals surface area (Å²) in [5, 5.41) is 4.10. The van der Waals surface area contributed by atoms with Crippen LogP contribution in [-0.4, -0.2) is 23.5 Å². The minimum Gasteiger partial charge on any atom is -0.370 e. The van der Waals surface area contributed by atoms with E-state index in [1.165, 1.54) is 5.56 Å². The van der Waals surface area contributed by atoms with Gasteiger partial charge >= 0.3 is 0 Å². The summed E-state index contributed by atoms with van der Waals surface area (Å²) in [5.74, 6) is 0.939. The maximum Gasteiger partial charge on any atom is 0.125 e. The van der Waals surface area contributed by atoms with E-state index in [0.29, 0.717) is 0 Å². The number of hydrogen-bond donors (Lipinski definition) is 1. The van der Waals surface area contributed by atoms with Crippen molar-refractivity contribution >= 4 is 17.4 Å². The molecule has 0 radical (unpaired) electrons. The number of pyridine rings is 1. The van der Waals surface area contributed by atoms with Gasteiger partial charge in [-0.15, -0.1) is 0 Å². The molecule has 112 valence electrons. The van der Waals surface area contributed by atoms with Gasteiger partial charge in [0.25, 0.3) is 0 Å². The molecule has 0 amide bonds. The minimum absolute atomic E-state index is 0.821. The zero-order valence-electron chi connectivity index (χ0n) is 12.6. The molecule has 0 bridgehead atoms. The molecule has 1 aromatic heterocycles. The molecule has 0 fully saturated rings. The average Bonchev–Trinajstić information content (AvgIpc) is 2.49. The maximum absolute atomic E-state index is 6.19. The largest absolute Gasteiger partial charge is 0.370 e. The fourth-order valence-corrected chi connectivity index (χ4v) is 2.36. The second-order valence-electron chi connectivity index (χ2n) is 5.24. The second kappa shape index (κ2) is 8.01. The summed E-state index contributed by atoms with van der Waals surface area (Å²) in [6, 6.07) is 12.1. The molecule has 1 heterocycles. The van der Waals surface area contributed by atoms with Crippen LogP contribution < -0.4 is 5.32 Å². The summed E-state index contributed by atoms with van der Waals surface area (Å²) in [4.78, 5) is 6.66. The smallest absolute Gasteiger partial charge is 0.125 e. The van der Waals surface area contributed by atoms with E-state index in [0.717, 1.165) is 42.5 Å². The molecule has 2 rings (SSSR count). The van der Waals surface area contributed by atoms with Crippen LogP contribution in [0.5, 0.6) is 0 Å².